The third-order valence-electron chi connectivity index (χ3n) is 7.47. The number of likely N-dealkylation sites (tertiary alicyclic amines) is 2. The lowest BCUT2D eigenvalue weighted by molar-refractivity contribution is -0.131. The maximum Gasteiger partial charge on any atom is 0.317 e. The van der Waals surface area contributed by atoms with Crippen LogP contribution in [0.5, 0.6) is 0 Å². The highest BCUT2D eigenvalue weighted by Crippen LogP contribution is 2.53. The standard InChI is InChI=1S/C21H35N3O3/c25-19(23-12-3-1-2-4-13-23)8-11-22-20(26)24-16-21(9-14-27-15-10-21)17-6-5-7-18(17)24/h17-18H,1-16H2,(H,22,26)/t17-,18+/m1/s1. The number of nitrogens with zero attached hydrogens (tertiary/aromatic N) is 2. The second-order valence-electron chi connectivity index (χ2n) is 8.98. The van der Waals surface area contributed by atoms with Gasteiger partial charge in [0.25, 0.3) is 0 Å². The van der Waals surface area contributed by atoms with Gasteiger partial charge in [0.05, 0.1) is 0 Å². The van der Waals surface area contributed by atoms with E-state index in [9.17, 15) is 9.59 Å². The van der Waals surface area contributed by atoms with Crippen molar-refractivity contribution in [1.29, 1.82) is 0 Å². The molecule has 3 amide bonds. The van der Waals surface area contributed by atoms with Crippen molar-refractivity contribution in [3.8, 4) is 0 Å². The second-order valence-corrected chi connectivity index (χ2v) is 8.98. The summed E-state index contributed by atoms with van der Waals surface area (Å²) in [7, 11) is 0. The van der Waals surface area contributed by atoms with Crippen LogP contribution in [0.25, 0.3) is 0 Å². The van der Waals surface area contributed by atoms with Gasteiger partial charge in [0, 0.05) is 51.9 Å². The van der Waals surface area contributed by atoms with E-state index in [1.165, 1.54) is 25.7 Å². The van der Waals surface area contributed by atoms with E-state index in [4.69, 9.17) is 4.74 Å². The van der Waals surface area contributed by atoms with Gasteiger partial charge >= 0.3 is 6.03 Å². The minimum atomic E-state index is 0.0407. The molecule has 1 spiro atoms. The molecule has 0 bridgehead atoms. The van der Waals surface area contributed by atoms with E-state index in [0.717, 1.165) is 65.0 Å². The molecule has 6 nitrogen and oxygen atoms in total. The first-order valence-electron chi connectivity index (χ1n) is 11.1. The third-order valence-corrected chi connectivity index (χ3v) is 7.47. The molecule has 0 aromatic carbocycles. The summed E-state index contributed by atoms with van der Waals surface area (Å²) in [6.45, 7) is 4.77. The van der Waals surface area contributed by atoms with E-state index in [2.05, 4.69) is 10.2 Å². The Morgan fingerprint density at radius 2 is 1.74 bits per heavy atom. The maximum absolute atomic E-state index is 12.9. The molecule has 0 aromatic rings. The Balaban J connectivity index is 1.28. The first kappa shape index (κ1) is 19.0. The van der Waals surface area contributed by atoms with Gasteiger partial charge in [-0.3, -0.25) is 4.79 Å². The Kier molecular flexibility index (Phi) is 5.90. The minimum Gasteiger partial charge on any atom is -0.381 e. The summed E-state index contributed by atoms with van der Waals surface area (Å²) in [6.07, 6.45) is 10.9. The van der Waals surface area contributed by atoms with Crippen LogP contribution in [0.3, 0.4) is 0 Å². The van der Waals surface area contributed by atoms with Crippen LogP contribution in [0.1, 0.15) is 64.2 Å². The van der Waals surface area contributed by atoms with Gasteiger partial charge in [-0.2, -0.15) is 0 Å². The minimum absolute atomic E-state index is 0.0407. The zero-order valence-corrected chi connectivity index (χ0v) is 16.6. The Morgan fingerprint density at radius 1 is 1.00 bits per heavy atom. The van der Waals surface area contributed by atoms with Crippen molar-refractivity contribution >= 4 is 11.9 Å². The summed E-state index contributed by atoms with van der Waals surface area (Å²) in [4.78, 5) is 29.4. The van der Waals surface area contributed by atoms with Crippen LogP contribution >= 0.6 is 0 Å². The Bertz CT molecular complexity index is 539. The van der Waals surface area contributed by atoms with E-state index in [0.29, 0.717) is 24.9 Å². The molecular formula is C21H35N3O3. The van der Waals surface area contributed by atoms with Gasteiger partial charge in [-0.25, -0.2) is 4.79 Å². The largest absolute Gasteiger partial charge is 0.381 e. The first-order chi connectivity index (χ1) is 13.2. The SMILES string of the molecule is O=C(CCNC(=O)N1CC2(CCOCC2)[C@@H]2CCC[C@@H]21)N1CCCCCC1. The lowest BCUT2D eigenvalue weighted by Crippen LogP contribution is -2.45. The molecule has 3 saturated heterocycles. The number of hydrogen-bond donors (Lipinski definition) is 1. The molecule has 0 aromatic heterocycles. The molecule has 6 heteroatoms. The summed E-state index contributed by atoms with van der Waals surface area (Å²) in [5.41, 5.74) is 0.276. The zero-order valence-electron chi connectivity index (χ0n) is 16.6. The lowest BCUT2D eigenvalue weighted by Gasteiger charge is -2.37. The normalized spacial score (nSPS) is 30.2. The maximum atomic E-state index is 12.9. The van der Waals surface area contributed by atoms with Crippen molar-refractivity contribution < 1.29 is 14.3 Å². The Hall–Kier alpha value is -1.30. The molecule has 3 heterocycles. The second kappa shape index (κ2) is 8.38. The van der Waals surface area contributed by atoms with Gasteiger partial charge in [0.15, 0.2) is 0 Å². The third kappa shape index (κ3) is 3.96. The summed E-state index contributed by atoms with van der Waals surface area (Å²) < 4.78 is 5.60. The van der Waals surface area contributed by atoms with Crippen LogP contribution in [0.15, 0.2) is 0 Å². The molecular weight excluding hydrogens is 342 g/mol. The van der Waals surface area contributed by atoms with E-state index in [-0.39, 0.29) is 17.4 Å². The van der Waals surface area contributed by atoms with Crippen molar-refractivity contribution in [2.75, 3.05) is 39.4 Å². The average molecular weight is 378 g/mol. The molecule has 2 atom stereocenters. The van der Waals surface area contributed by atoms with Crippen LogP contribution in [0, 0.1) is 11.3 Å². The molecule has 1 aliphatic carbocycles. The summed E-state index contributed by atoms with van der Waals surface area (Å²) in [6, 6.07) is 0.434. The van der Waals surface area contributed by atoms with Crippen molar-refractivity contribution in [1.82, 2.24) is 15.1 Å². The smallest absolute Gasteiger partial charge is 0.317 e. The Morgan fingerprint density at radius 3 is 2.48 bits per heavy atom. The fourth-order valence-corrected chi connectivity index (χ4v) is 5.99. The molecule has 4 rings (SSSR count). The van der Waals surface area contributed by atoms with E-state index >= 15 is 0 Å². The molecule has 1 saturated carbocycles. The molecule has 4 aliphatic rings. The molecule has 1 N–H and O–H groups in total. The number of ether oxygens (including phenoxy) is 1. The fraction of sp³-hybridized carbons (Fsp3) is 0.905. The van der Waals surface area contributed by atoms with Gasteiger partial charge in [0.2, 0.25) is 5.91 Å². The number of carbonyl (C=O) groups is 2. The van der Waals surface area contributed by atoms with Gasteiger partial charge in [-0.1, -0.05) is 19.3 Å². The highest BCUT2D eigenvalue weighted by atomic mass is 16.5. The van der Waals surface area contributed by atoms with Crippen molar-refractivity contribution in [2.24, 2.45) is 11.3 Å². The van der Waals surface area contributed by atoms with Crippen LogP contribution < -0.4 is 5.32 Å². The number of nitrogens with one attached hydrogen (secondary N) is 1. The predicted octanol–water partition coefficient (Wildman–Crippen LogP) is 2.77. The molecule has 4 fully saturated rings. The number of rotatable bonds is 3. The molecule has 0 radical (unpaired) electrons. The predicted molar refractivity (Wildman–Crippen MR) is 103 cm³/mol. The van der Waals surface area contributed by atoms with E-state index in [1.807, 2.05) is 4.90 Å². The van der Waals surface area contributed by atoms with E-state index < -0.39 is 0 Å². The van der Waals surface area contributed by atoms with Gasteiger partial charge in [-0.15, -0.1) is 0 Å². The topological polar surface area (TPSA) is 61.9 Å². The summed E-state index contributed by atoms with van der Waals surface area (Å²) in [5, 5.41) is 3.05. The average Bonchev–Trinajstić information content (AvgIpc) is 3.15. The quantitative estimate of drug-likeness (QED) is 0.823. The molecule has 3 aliphatic heterocycles. The number of hydrogen-bond acceptors (Lipinski definition) is 3. The highest BCUT2D eigenvalue weighted by molar-refractivity contribution is 5.78. The summed E-state index contributed by atoms with van der Waals surface area (Å²) >= 11 is 0. The van der Waals surface area contributed by atoms with E-state index in [1.54, 1.807) is 0 Å². The number of carbonyl (C=O) groups excluding carboxylic acids is 2. The van der Waals surface area contributed by atoms with Crippen LogP contribution in [0.4, 0.5) is 4.79 Å². The van der Waals surface area contributed by atoms with Gasteiger partial charge in [-0.05, 0) is 49.9 Å². The Labute approximate surface area is 163 Å². The van der Waals surface area contributed by atoms with Crippen LogP contribution in [0.2, 0.25) is 0 Å². The molecule has 152 valence electrons. The fourth-order valence-electron chi connectivity index (χ4n) is 5.99. The summed E-state index contributed by atoms with van der Waals surface area (Å²) in [5.74, 6) is 0.837. The molecule has 27 heavy (non-hydrogen) atoms. The van der Waals surface area contributed by atoms with Gasteiger partial charge in [0.1, 0.15) is 0 Å². The first-order valence-corrected chi connectivity index (χ1v) is 11.1. The molecule has 0 unspecified atom stereocenters. The number of urea groups is 1. The van der Waals surface area contributed by atoms with Crippen molar-refractivity contribution in [3.05, 3.63) is 0 Å². The number of fused-ring (bicyclic) bond motifs is 2. The monoisotopic (exact) mass is 377 g/mol. The van der Waals surface area contributed by atoms with Crippen molar-refractivity contribution in [2.45, 2.75) is 70.3 Å². The van der Waals surface area contributed by atoms with Crippen molar-refractivity contribution in [3.63, 3.8) is 0 Å². The zero-order chi connectivity index (χ0) is 18.7. The lowest BCUT2D eigenvalue weighted by atomic mass is 9.71. The van der Waals surface area contributed by atoms with Gasteiger partial charge < -0.3 is 19.9 Å². The van der Waals surface area contributed by atoms with Crippen LogP contribution in [-0.4, -0.2) is 67.2 Å². The highest BCUT2D eigenvalue weighted by Gasteiger charge is 2.55. The number of amides is 3. The van der Waals surface area contributed by atoms with Crippen LogP contribution in [-0.2, 0) is 9.53 Å².